The van der Waals surface area contributed by atoms with E-state index in [0.717, 1.165) is 12.8 Å². The van der Waals surface area contributed by atoms with Crippen molar-refractivity contribution in [3.05, 3.63) is 12.2 Å². The van der Waals surface area contributed by atoms with Crippen LogP contribution in [0.4, 0.5) is 0 Å². The molecule has 0 heterocycles. The molecule has 0 aliphatic heterocycles. The lowest BCUT2D eigenvalue weighted by atomic mass is 10.3. The molecule has 0 spiro atoms. The Labute approximate surface area is 76.3 Å². The predicted molar refractivity (Wildman–Crippen MR) is 46.7 cm³/mol. The van der Waals surface area contributed by atoms with Crippen LogP contribution in [0.1, 0.15) is 19.8 Å². The Morgan fingerprint density at radius 2 is 2.00 bits per heavy atom. The molecule has 0 N–H and O–H groups in total. The van der Waals surface area contributed by atoms with Crippen molar-refractivity contribution in [3.63, 3.8) is 0 Å². The molecule has 0 aliphatic rings. The molecule has 0 aromatic carbocycles. The fourth-order valence-corrected chi connectivity index (χ4v) is 0.709. The van der Waals surface area contributed by atoms with Gasteiger partial charge in [0.2, 0.25) is 10.5 Å². The van der Waals surface area contributed by atoms with Crippen molar-refractivity contribution in [1.82, 2.24) is 0 Å². The van der Waals surface area contributed by atoms with Gasteiger partial charge in [-0.1, -0.05) is 6.58 Å². The number of carbonyl (C=O) groups excluding carboxylic acids is 1. The highest BCUT2D eigenvalue weighted by Gasteiger charge is 2.01. The van der Waals surface area contributed by atoms with E-state index < -0.39 is 0 Å². The minimum atomic E-state index is -0.325. The second kappa shape index (κ2) is 7.06. The summed E-state index contributed by atoms with van der Waals surface area (Å²) < 4.78 is 9.48. The molecule has 0 aromatic heterocycles. The van der Waals surface area contributed by atoms with E-state index in [4.69, 9.17) is 4.74 Å². The van der Waals surface area contributed by atoms with E-state index in [9.17, 15) is 4.79 Å². The van der Waals surface area contributed by atoms with Crippen molar-refractivity contribution < 1.29 is 14.0 Å². The lowest BCUT2D eigenvalue weighted by Crippen LogP contribution is -2.06. The molecule has 0 unspecified atom stereocenters. The normalized spacial score (nSPS) is 9.50. The summed E-state index contributed by atoms with van der Waals surface area (Å²) in [5.74, 6) is -0.325. The monoisotopic (exact) mass is 185 g/mol. The number of esters is 1. The quantitative estimate of drug-likeness (QED) is 0.268. The van der Waals surface area contributed by atoms with Gasteiger partial charge in [0.25, 0.3) is 0 Å². The van der Waals surface area contributed by atoms with Crippen molar-refractivity contribution in [2.75, 3.05) is 13.2 Å². The summed E-state index contributed by atoms with van der Waals surface area (Å²) in [6.07, 6.45) is 1.68. The summed E-state index contributed by atoms with van der Waals surface area (Å²) in [5, 5.41) is 0. The Kier molecular flexibility index (Phi) is 6.70. The summed E-state index contributed by atoms with van der Waals surface area (Å²) in [5.41, 5.74) is 0.436. The first kappa shape index (κ1) is 11.4. The van der Waals surface area contributed by atoms with Gasteiger partial charge in [-0.15, -0.1) is 0 Å². The molecule has 3 radical (unpaired) electrons. The second-order valence-electron chi connectivity index (χ2n) is 2.47. The Bertz CT molecular complexity index is 156. The summed E-state index contributed by atoms with van der Waals surface area (Å²) in [6, 6.07) is 0. The minimum Gasteiger partial charge on any atom is -0.462 e. The molecule has 0 bridgehead atoms. The number of carbonyl (C=O) groups is 1. The van der Waals surface area contributed by atoms with Crippen LogP contribution in [0.15, 0.2) is 12.2 Å². The van der Waals surface area contributed by atoms with Gasteiger partial charge in [-0.3, -0.25) is 0 Å². The lowest BCUT2D eigenvalue weighted by Gasteiger charge is -2.03. The standard InChI is InChI=1S/C8H13O3Si/c1-7(2)8(9)10-5-3-4-6-11-12/h1,3-6H2,2H3. The highest BCUT2D eigenvalue weighted by atomic mass is 28.2. The minimum absolute atomic E-state index is 0.325. The van der Waals surface area contributed by atoms with E-state index in [1.807, 2.05) is 0 Å². The van der Waals surface area contributed by atoms with E-state index in [2.05, 4.69) is 21.5 Å². The fraction of sp³-hybridized carbons (Fsp3) is 0.625. The molecule has 0 atom stereocenters. The van der Waals surface area contributed by atoms with Crippen LogP contribution in [0.5, 0.6) is 0 Å². The second-order valence-corrected chi connectivity index (χ2v) is 2.76. The number of ether oxygens (including phenoxy) is 1. The zero-order chi connectivity index (χ0) is 9.40. The molecule has 0 amide bonds. The molecular weight excluding hydrogens is 172 g/mol. The molecule has 3 nitrogen and oxygen atoms in total. The van der Waals surface area contributed by atoms with Gasteiger partial charge in [0.1, 0.15) is 0 Å². The van der Waals surface area contributed by atoms with Crippen molar-refractivity contribution in [3.8, 4) is 0 Å². The topological polar surface area (TPSA) is 35.5 Å². The van der Waals surface area contributed by atoms with Gasteiger partial charge in [-0.25, -0.2) is 4.79 Å². The molecule has 0 saturated carbocycles. The highest BCUT2D eigenvalue weighted by Crippen LogP contribution is 1.95. The molecule has 0 saturated heterocycles. The van der Waals surface area contributed by atoms with Gasteiger partial charge in [0.05, 0.1) is 6.61 Å². The Hall–Kier alpha value is -0.613. The Balaban J connectivity index is 3.20. The molecule has 0 aromatic rings. The van der Waals surface area contributed by atoms with Gasteiger partial charge in [-0.05, 0) is 19.8 Å². The summed E-state index contributed by atoms with van der Waals surface area (Å²) >= 11 is 0. The molecule has 67 valence electrons. The zero-order valence-corrected chi connectivity index (χ0v) is 8.26. The largest absolute Gasteiger partial charge is 0.462 e. The third-order valence-corrected chi connectivity index (χ3v) is 1.43. The third kappa shape index (κ3) is 6.12. The number of rotatable bonds is 6. The molecule has 4 heteroatoms. The average Bonchev–Trinajstić information content (AvgIpc) is 2.03. The number of hydrogen-bond acceptors (Lipinski definition) is 3. The van der Waals surface area contributed by atoms with Crippen LogP contribution in [-0.4, -0.2) is 29.7 Å². The van der Waals surface area contributed by atoms with Gasteiger partial charge >= 0.3 is 5.97 Å². The van der Waals surface area contributed by atoms with Crippen molar-refractivity contribution >= 4 is 16.5 Å². The van der Waals surface area contributed by atoms with E-state index in [1.165, 1.54) is 0 Å². The fourth-order valence-electron chi connectivity index (χ4n) is 0.564. The maximum atomic E-state index is 10.8. The van der Waals surface area contributed by atoms with E-state index in [-0.39, 0.29) is 5.97 Å². The number of hydrogen-bond donors (Lipinski definition) is 0. The van der Waals surface area contributed by atoms with Crippen molar-refractivity contribution in [1.29, 1.82) is 0 Å². The maximum absolute atomic E-state index is 10.8. The van der Waals surface area contributed by atoms with Crippen LogP contribution in [0.3, 0.4) is 0 Å². The SMILES string of the molecule is C=C(C)C(=O)OCCCCO[Si]. The Morgan fingerprint density at radius 1 is 1.42 bits per heavy atom. The molecule has 0 rings (SSSR count). The van der Waals surface area contributed by atoms with Crippen LogP contribution in [0.2, 0.25) is 0 Å². The van der Waals surface area contributed by atoms with E-state index in [0.29, 0.717) is 18.8 Å². The molecule has 0 fully saturated rings. The van der Waals surface area contributed by atoms with Gasteiger partial charge < -0.3 is 9.16 Å². The summed E-state index contributed by atoms with van der Waals surface area (Å²) in [6.45, 7) is 6.15. The first-order valence-corrected chi connectivity index (χ1v) is 4.20. The highest BCUT2D eigenvalue weighted by molar-refractivity contribution is 5.97. The van der Waals surface area contributed by atoms with Crippen LogP contribution < -0.4 is 0 Å². The maximum Gasteiger partial charge on any atom is 0.333 e. The van der Waals surface area contributed by atoms with E-state index in [1.54, 1.807) is 6.92 Å². The summed E-state index contributed by atoms with van der Waals surface area (Å²) in [7, 11) is 2.88. The van der Waals surface area contributed by atoms with E-state index >= 15 is 0 Å². The van der Waals surface area contributed by atoms with Gasteiger partial charge in [0.15, 0.2) is 0 Å². The first-order chi connectivity index (χ1) is 5.68. The van der Waals surface area contributed by atoms with Crippen molar-refractivity contribution in [2.24, 2.45) is 0 Å². The average molecular weight is 185 g/mol. The van der Waals surface area contributed by atoms with Crippen LogP contribution >= 0.6 is 0 Å². The molecular formula is C8H13O3Si. The van der Waals surface area contributed by atoms with Crippen LogP contribution in [-0.2, 0) is 14.0 Å². The number of unbranched alkanes of at least 4 members (excludes halogenated alkanes) is 1. The smallest absolute Gasteiger partial charge is 0.333 e. The summed E-state index contributed by atoms with van der Waals surface area (Å²) in [4.78, 5) is 10.8. The predicted octanol–water partition coefficient (Wildman–Crippen LogP) is 0.986. The van der Waals surface area contributed by atoms with Crippen LogP contribution in [0, 0.1) is 0 Å². The van der Waals surface area contributed by atoms with Gasteiger partial charge in [-0.2, -0.15) is 0 Å². The van der Waals surface area contributed by atoms with Crippen LogP contribution in [0.25, 0.3) is 0 Å². The Morgan fingerprint density at radius 3 is 2.50 bits per heavy atom. The molecule has 12 heavy (non-hydrogen) atoms. The van der Waals surface area contributed by atoms with Crippen molar-refractivity contribution in [2.45, 2.75) is 19.8 Å². The first-order valence-electron chi connectivity index (χ1n) is 3.79. The lowest BCUT2D eigenvalue weighted by molar-refractivity contribution is -0.139. The molecule has 0 aliphatic carbocycles. The third-order valence-electron chi connectivity index (χ3n) is 1.22. The van der Waals surface area contributed by atoms with Gasteiger partial charge in [0, 0.05) is 12.2 Å². The zero-order valence-electron chi connectivity index (χ0n) is 7.26.